The highest BCUT2D eigenvalue weighted by Gasteiger charge is 2.15. The summed E-state index contributed by atoms with van der Waals surface area (Å²) in [7, 11) is 3.25. The van der Waals surface area contributed by atoms with Crippen molar-refractivity contribution in [3.8, 4) is 11.5 Å². The van der Waals surface area contributed by atoms with Crippen LogP contribution in [-0.2, 0) is 0 Å². The van der Waals surface area contributed by atoms with Crippen molar-refractivity contribution in [3.05, 3.63) is 58.6 Å². The largest absolute Gasteiger partial charge is 0.497 e. The zero-order valence-corrected chi connectivity index (χ0v) is 11.6. The van der Waals surface area contributed by atoms with Gasteiger partial charge in [0.1, 0.15) is 11.5 Å². The highest BCUT2D eigenvalue weighted by Crippen LogP contribution is 2.31. The molecule has 2 aromatic rings. The predicted octanol–water partition coefficient (Wildman–Crippen LogP) is 3.41. The summed E-state index contributed by atoms with van der Waals surface area (Å²) in [6, 6.07) is 12.8. The minimum absolute atomic E-state index is 0.290. The van der Waals surface area contributed by atoms with Gasteiger partial charge in [-0.2, -0.15) is 0 Å². The normalized spacial score (nSPS) is 12.0. The van der Waals surface area contributed by atoms with Crippen LogP contribution in [0.1, 0.15) is 17.2 Å². The summed E-state index contributed by atoms with van der Waals surface area (Å²) in [5.74, 6) is 1.49. The Kier molecular flexibility index (Phi) is 4.30. The lowest BCUT2D eigenvalue weighted by Gasteiger charge is -2.17. The van der Waals surface area contributed by atoms with Crippen molar-refractivity contribution in [1.29, 1.82) is 0 Å². The van der Waals surface area contributed by atoms with Crippen LogP contribution in [0.25, 0.3) is 0 Å². The van der Waals surface area contributed by atoms with Crippen LogP contribution in [0, 0.1) is 0 Å². The zero-order chi connectivity index (χ0) is 13.8. The van der Waals surface area contributed by atoms with E-state index in [1.807, 2.05) is 42.5 Å². The van der Waals surface area contributed by atoms with Crippen molar-refractivity contribution in [3.63, 3.8) is 0 Å². The molecule has 0 heterocycles. The van der Waals surface area contributed by atoms with Gasteiger partial charge in [0.2, 0.25) is 0 Å². The summed E-state index contributed by atoms with van der Waals surface area (Å²) in [5.41, 5.74) is 8.14. The Labute approximate surface area is 117 Å². The number of benzene rings is 2. The van der Waals surface area contributed by atoms with Gasteiger partial charge in [-0.15, -0.1) is 0 Å². The summed E-state index contributed by atoms with van der Waals surface area (Å²) in [5, 5.41) is 0.688. The number of hydrogen-bond donors (Lipinski definition) is 1. The van der Waals surface area contributed by atoms with Crippen molar-refractivity contribution in [1.82, 2.24) is 0 Å². The first-order valence-electron chi connectivity index (χ1n) is 5.88. The number of hydrogen-bond acceptors (Lipinski definition) is 3. The van der Waals surface area contributed by atoms with Crippen LogP contribution in [0.15, 0.2) is 42.5 Å². The molecular formula is C15H16ClNO2. The molecule has 1 unspecified atom stereocenters. The molecule has 1 atom stereocenters. The fourth-order valence-electron chi connectivity index (χ4n) is 1.93. The molecule has 0 saturated carbocycles. The van der Waals surface area contributed by atoms with Gasteiger partial charge < -0.3 is 15.2 Å². The maximum absolute atomic E-state index is 6.29. The Morgan fingerprint density at radius 3 is 2.26 bits per heavy atom. The molecule has 0 aromatic heterocycles. The van der Waals surface area contributed by atoms with Gasteiger partial charge in [0, 0.05) is 10.6 Å². The van der Waals surface area contributed by atoms with E-state index < -0.39 is 0 Å². The third kappa shape index (κ3) is 3.00. The average Bonchev–Trinajstić information content (AvgIpc) is 2.46. The van der Waals surface area contributed by atoms with Gasteiger partial charge in [-0.1, -0.05) is 23.7 Å². The molecule has 0 amide bonds. The van der Waals surface area contributed by atoms with Gasteiger partial charge in [-0.25, -0.2) is 0 Å². The first-order valence-corrected chi connectivity index (χ1v) is 6.26. The number of ether oxygens (including phenoxy) is 2. The second-order valence-corrected chi connectivity index (χ2v) is 4.57. The number of nitrogens with two attached hydrogens (primary N) is 1. The molecule has 0 saturated heterocycles. The van der Waals surface area contributed by atoms with Crippen molar-refractivity contribution >= 4 is 11.6 Å². The number of rotatable bonds is 4. The molecule has 0 aliphatic heterocycles. The van der Waals surface area contributed by atoms with E-state index in [4.69, 9.17) is 26.8 Å². The molecule has 4 heteroatoms. The Bertz CT molecular complexity index is 555. The fourth-order valence-corrected chi connectivity index (χ4v) is 2.06. The van der Waals surface area contributed by atoms with Crippen molar-refractivity contribution in [2.24, 2.45) is 5.73 Å². The monoisotopic (exact) mass is 277 g/mol. The van der Waals surface area contributed by atoms with Crippen LogP contribution in [0.5, 0.6) is 11.5 Å². The lowest BCUT2D eigenvalue weighted by molar-refractivity contribution is 0.397. The molecule has 0 bridgehead atoms. The molecule has 100 valence electrons. The second kappa shape index (κ2) is 5.95. The van der Waals surface area contributed by atoms with E-state index in [2.05, 4.69) is 0 Å². The Morgan fingerprint density at radius 2 is 1.68 bits per heavy atom. The molecule has 0 radical (unpaired) electrons. The van der Waals surface area contributed by atoms with E-state index in [1.165, 1.54) is 0 Å². The molecule has 0 fully saturated rings. The predicted molar refractivity (Wildman–Crippen MR) is 77.0 cm³/mol. The van der Waals surface area contributed by atoms with Gasteiger partial charge >= 0.3 is 0 Å². The minimum atomic E-state index is -0.290. The van der Waals surface area contributed by atoms with Crippen LogP contribution >= 0.6 is 11.6 Å². The van der Waals surface area contributed by atoms with Crippen LogP contribution in [0.3, 0.4) is 0 Å². The van der Waals surface area contributed by atoms with E-state index >= 15 is 0 Å². The van der Waals surface area contributed by atoms with Gasteiger partial charge in [-0.3, -0.25) is 0 Å². The quantitative estimate of drug-likeness (QED) is 0.931. The van der Waals surface area contributed by atoms with Crippen LogP contribution in [0.2, 0.25) is 5.02 Å². The lowest BCUT2D eigenvalue weighted by atomic mass is 9.98. The Balaban J connectivity index is 2.41. The molecule has 0 aliphatic rings. The summed E-state index contributed by atoms with van der Waals surface area (Å²) in [4.78, 5) is 0. The third-order valence-corrected chi connectivity index (χ3v) is 3.25. The highest BCUT2D eigenvalue weighted by molar-refractivity contribution is 6.30. The summed E-state index contributed by atoms with van der Waals surface area (Å²) in [6.45, 7) is 0. The smallest absolute Gasteiger partial charge is 0.124 e. The molecule has 2 N–H and O–H groups in total. The lowest BCUT2D eigenvalue weighted by Crippen LogP contribution is -2.13. The van der Waals surface area contributed by atoms with Crippen LogP contribution in [-0.4, -0.2) is 14.2 Å². The van der Waals surface area contributed by atoms with Crippen LogP contribution in [0.4, 0.5) is 0 Å². The molecule has 0 spiro atoms. The average molecular weight is 278 g/mol. The summed E-state index contributed by atoms with van der Waals surface area (Å²) in [6.07, 6.45) is 0. The summed E-state index contributed by atoms with van der Waals surface area (Å²) < 4.78 is 10.6. The zero-order valence-electron chi connectivity index (χ0n) is 10.9. The van der Waals surface area contributed by atoms with E-state index in [9.17, 15) is 0 Å². The van der Waals surface area contributed by atoms with E-state index in [1.54, 1.807) is 14.2 Å². The van der Waals surface area contributed by atoms with Gasteiger partial charge in [0.05, 0.1) is 20.3 Å². The molecule has 3 nitrogen and oxygen atoms in total. The van der Waals surface area contributed by atoms with Crippen molar-refractivity contribution in [2.75, 3.05) is 14.2 Å². The fraction of sp³-hybridized carbons (Fsp3) is 0.200. The maximum Gasteiger partial charge on any atom is 0.124 e. The SMILES string of the molecule is COc1ccc(OC)c(C(N)c2ccc(Cl)cc2)c1. The summed E-state index contributed by atoms with van der Waals surface area (Å²) >= 11 is 5.88. The Hall–Kier alpha value is -1.71. The van der Waals surface area contributed by atoms with E-state index in [0.717, 1.165) is 22.6 Å². The standard InChI is InChI=1S/C15H16ClNO2/c1-18-12-7-8-14(19-2)13(9-12)15(17)10-3-5-11(16)6-4-10/h3-9,15H,17H2,1-2H3. The molecule has 0 aliphatic carbocycles. The van der Waals surface area contributed by atoms with Gasteiger partial charge in [0.15, 0.2) is 0 Å². The first-order chi connectivity index (χ1) is 9.15. The molecule has 2 aromatic carbocycles. The van der Waals surface area contributed by atoms with E-state index in [0.29, 0.717) is 5.02 Å². The number of halogens is 1. The molecular weight excluding hydrogens is 262 g/mol. The van der Waals surface area contributed by atoms with Gasteiger partial charge in [-0.05, 0) is 35.9 Å². The van der Waals surface area contributed by atoms with E-state index in [-0.39, 0.29) is 6.04 Å². The van der Waals surface area contributed by atoms with Gasteiger partial charge in [0.25, 0.3) is 0 Å². The molecule has 19 heavy (non-hydrogen) atoms. The second-order valence-electron chi connectivity index (χ2n) is 4.14. The highest BCUT2D eigenvalue weighted by atomic mass is 35.5. The third-order valence-electron chi connectivity index (χ3n) is 3.00. The Morgan fingerprint density at radius 1 is 1.00 bits per heavy atom. The maximum atomic E-state index is 6.29. The number of methoxy groups -OCH3 is 2. The first kappa shape index (κ1) is 13.7. The molecule has 2 rings (SSSR count). The van der Waals surface area contributed by atoms with Crippen molar-refractivity contribution < 1.29 is 9.47 Å². The van der Waals surface area contributed by atoms with Crippen molar-refractivity contribution in [2.45, 2.75) is 6.04 Å². The van der Waals surface area contributed by atoms with Crippen LogP contribution < -0.4 is 15.2 Å². The topological polar surface area (TPSA) is 44.5 Å². The minimum Gasteiger partial charge on any atom is -0.497 e.